The summed E-state index contributed by atoms with van der Waals surface area (Å²) in [6.07, 6.45) is 4.53. The molecule has 0 saturated heterocycles. The largest absolute Gasteiger partial charge is 0.456 e. The molecule has 0 bridgehead atoms. The number of aromatic nitrogens is 2. The Morgan fingerprint density at radius 3 is 2.37 bits per heavy atom. The Kier molecular flexibility index (Phi) is 8.12. The first-order chi connectivity index (χ1) is 12.9. The summed E-state index contributed by atoms with van der Waals surface area (Å²) in [4.78, 5) is 33.8. The number of esters is 1. The Labute approximate surface area is 167 Å². The van der Waals surface area contributed by atoms with Gasteiger partial charge in [0, 0.05) is 22.7 Å². The van der Waals surface area contributed by atoms with E-state index in [-0.39, 0.29) is 18.9 Å². The van der Waals surface area contributed by atoms with Crippen LogP contribution in [-0.2, 0) is 20.7 Å². The van der Waals surface area contributed by atoms with Crippen LogP contribution in [0.4, 0.5) is 5.69 Å². The van der Waals surface area contributed by atoms with Crippen LogP contribution in [0.1, 0.15) is 23.4 Å². The number of benzene rings is 1. The van der Waals surface area contributed by atoms with E-state index in [9.17, 15) is 9.59 Å². The van der Waals surface area contributed by atoms with E-state index in [0.29, 0.717) is 12.1 Å². The summed E-state index contributed by atoms with van der Waals surface area (Å²) < 4.78 is 5.09. The Morgan fingerprint density at radius 2 is 1.74 bits per heavy atom. The highest BCUT2D eigenvalue weighted by molar-refractivity contribution is 7.98. The molecule has 0 unspecified atom stereocenters. The molecule has 0 spiro atoms. The highest BCUT2D eigenvalue weighted by atomic mass is 32.2. The van der Waals surface area contributed by atoms with Crippen LogP contribution in [0.25, 0.3) is 0 Å². The van der Waals surface area contributed by atoms with Gasteiger partial charge in [-0.1, -0.05) is 23.9 Å². The molecule has 27 heavy (non-hydrogen) atoms. The monoisotopic (exact) mass is 405 g/mol. The van der Waals surface area contributed by atoms with Crippen LogP contribution in [0.2, 0.25) is 0 Å². The summed E-state index contributed by atoms with van der Waals surface area (Å²) in [5.41, 5.74) is 3.39. The third kappa shape index (κ3) is 6.25. The van der Waals surface area contributed by atoms with Gasteiger partial charge in [0.05, 0.1) is 5.69 Å². The fourth-order valence-electron chi connectivity index (χ4n) is 2.54. The van der Waals surface area contributed by atoms with Crippen molar-refractivity contribution < 1.29 is 14.3 Å². The fraction of sp³-hybridized carbons (Fsp3) is 0.368. The molecular weight excluding hydrogens is 382 g/mol. The summed E-state index contributed by atoms with van der Waals surface area (Å²) in [6.45, 7) is 3.51. The first kappa shape index (κ1) is 21.2. The number of carbonyl (C=O) groups is 2. The zero-order valence-corrected chi connectivity index (χ0v) is 17.5. The second-order valence-corrected chi connectivity index (χ2v) is 7.39. The van der Waals surface area contributed by atoms with Crippen LogP contribution in [0.3, 0.4) is 0 Å². The third-order valence-electron chi connectivity index (χ3n) is 3.91. The van der Waals surface area contributed by atoms with Gasteiger partial charge in [-0.25, -0.2) is 9.97 Å². The number of thioether (sulfide) groups is 2. The van der Waals surface area contributed by atoms with Gasteiger partial charge in [-0.3, -0.25) is 9.59 Å². The SMILES string of the molecule is CSc1nc(C)c(CCC(=O)OCC(=O)Nc2ccccc2SC)c(C)n1. The third-order valence-corrected chi connectivity index (χ3v) is 5.25. The molecule has 1 N–H and O–H groups in total. The van der Waals surface area contributed by atoms with Gasteiger partial charge in [0.15, 0.2) is 11.8 Å². The normalized spacial score (nSPS) is 10.5. The molecule has 8 heteroatoms. The van der Waals surface area contributed by atoms with Crippen LogP contribution < -0.4 is 5.32 Å². The van der Waals surface area contributed by atoms with E-state index in [2.05, 4.69) is 15.3 Å². The van der Waals surface area contributed by atoms with Gasteiger partial charge >= 0.3 is 5.97 Å². The molecule has 0 aliphatic heterocycles. The van der Waals surface area contributed by atoms with Crippen molar-refractivity contribution in [1.82, 2.24) is 9.97 Å². The number of nitrogens with zero attached hydrogens (tertiary/aromatic N) is 2. The molecule has 1 heterocycles. The average Bonchev–Trinajstić information content (AvgIpc) is 2.65. The summed E-state index contributed by atoms with van der Waals surface area (Å²) >= 11 is 3.02. The van der Waals surface area contributed by atoms with E-state index in [1.807, 2.05) is 50.6 Å². The second kappa shape index (κ2) is 10.3. The lowest BCUT2D eigenvalue weighted by Crippen LogP contribution is -2.21. The maximum atomic E-state index is 12.0. The Morgan fingerprint density at radius 1 is 1.07 bits per heavy atom. The van der Waals surface area contributed by atoms with Crippen LogP contribution in [-0.4, -0.2) is 41.0 Å². The van der Waals surface area contributed by atoms with Gasteiger partial charge in [-0.05, 0) is 50.5 Å². The topological polar surface area (TPSA) is 81.2 Å². The summed E-state index contributed by atoms with van der Waals surface area (Å²) in [7, 11) is 0. The Hall–Kier alpha value is -2.06. The van der Waals surface area contributed by atoms with E-state index in [1.54, 1.807) is 0 Å². The molecule has 1 amide bonds. The van der Waals surface area contributed by atoms with Gasteiger partial charge in [-0.2, -0.15) is 0 Å². The predicted molar refractivity (Wildman–Crippen MR) is 109 cm³/mol. The van der Waals surface area contributed by atoms with Crippen molar-refractivity contribution in [2.75, 3.05) is 24.4 Å². The molecule has 2 aromatic rings. The van der Waals surface area contributed by atoms with Crippen molar-refractivity contribution in [1.29, 1.82) is 0 Å². The first-order valence-electron chi connectivity index (χ1n) is 8.41. The Balaban J connectivity index is 1.83. The van der Waals surface area contributed by atoms with E-state index in [0.717, 1.165) is 27.0 Å². The average molecular weight is 406 g/mol. The van der Waals surface area contributed by atoms with Crippen molar-refractivity contribution in [2.24, 2.45) is 0 Å². The number of aryl methyl sites for hydroxylation is 2. The quantitative estimate of drug-likeness (QED) is 0.408. The highest BCUT2D eigenvalue weighted by Crippen LogP contribution is 2.24. The molecule has 2 rings (SSSR count). The standard InChI is InChI=1S/C19H23N3O3S2/c1-12-14(13(2)21-19(20-12)27-4)9-10-18(24)25-11-17(23)22-15-7-5-6-8-16(15)26-3/h5-8H,9-11H2,1-4H3,(H,22,23). The van der Waals surface area contributed by atoms with E-state index >= 15 is 0 Å². The maximum absolute atomic E-state index is 12.0. The van der Waals surface area contributed by atoms with E-state index in [1.165, 1.54) is 23.5 Å². The minimum atomic E-state index is -0.420. The summed E-state index contributed by atoms with van der Waals surface area (Å²) in [5, 5.41) is 3.48. The number of hydrogen-bond acceptors (Lipinski definition) is 7. The molecule has 0 atom stereocenters. The molecule has 6 nitrogen and oxygen atoms in total. The first-order valence-corrected chi connectivity index (χ1v) is 10.9. The minimum Gasteiger partial charge on any atom is -0.456 e. The lowest BCUT2D eigenvalue weighted by molar-refractivity contribution is -0.147. The van der Waals surface area contributed by atoms with E-state index < -0.39 is 5.97 Å². The molecule has 1 aromatic heterocycles. The summed E-state index contributed by atoms with van der Waals surface area (Å²) in [6, 6.07) is 7.48. The number of nitrogens with one attached hydrogen (secondary N) is 1. The molecule has 1 aromatic carbocycles. The van der Waals surface area contributed by atoms with Crippen molar-refractivity contribution >= 4 is 41.1 Å². The molecule has 0 fully saturated rings. The van der Waals surface area contributed by atoms with Crippen LogP contribution in [0, 0.1) is 13.8 Å². The smallest absolute Gasteiger partial charge is 0.306 e. The number of rotatable bonds is 8. The number of hydrogen-bond donors (Lipinski definition) is 1. The predicted octanol–water partition coefficient (Wildman–Crippen LogP) is 3.65. The Bertz CT molecular complexity index is 805. The van der Waals surface area contributed by atoms with Gasteiger partial charge in [0.2, 0.25) is 0 Å². The molecule has 0 aliphatic rings. The lowest BCUT2D eigenvalue weighted by Gasteiger charge is -2.11. The van der Waals surface area contributed by atoms with Gasteiger partial charge < -0.3 is 10.1 Å². The number of para-hydroxylation sites is 1. The van der Waals surface area contributed by atoms with Crippen molar-refractivity contribution in [2.45, 2.75) is 36.7 Å². The fourth-order valence-corrected chi connectivity index (χ4v) is 3.55. The zero-order valence-electron chi connectivity index (χ0n) is 15.9. The number of ether oxygens (including phenoxy) is 1. The van der Waals surface area contributed by atoms with Crippen LogP contribution in [0.15, 0.2) is 34.3 Å². The molecule has 0 aliphatic carbocycles. The van der Waals surface area contributed by atoms with Crippen molar-refractivity contribution in [3.8, 4) is 0 Å². The molecule has 144 valence electrons. The van der Waals surface area contributed by atoms with Gasteiger partial charge in [0.25, 0.3) is 5.91 Å². The van der Waals surface area contributed by atoms with E-state index in [4.69, 9.17) is 4.74 Å². The van der Waals surface area contributed by atoms with Crippen LogP contribution in [0.5, 0.6) is 0 Å². The number of anilines is 1. The molecule has 0 saturated carbocycles. The van der Waals surface area contributed by atoms with Gasteiger partial charge in [0.1, 0.15) is 0 Å². The van der Waals surface area contributed by atoms with Crippen molar-refractivity contribution in [3.63, 3.8) is 0 Å². The maximum Gasteiger partial charge on any atom is 0.306 e. The number of carbonyl (C=O) groups excluding carboxylic acids is 2. The molecule has 0 radical (unpaired) electrons. The number of amides is 1. The summed E-state index contributed by atoms with van der Waals surface area (Å²) in [5.74, 6) is -0.777. The van der Waals surface area contributed by atoms with Gasteiger partial charge in [-0.15, -0.1) is 11.8 Å². The second-order valence-electron chi connectivity index (χ2n) is 5.77. The molecular formula is C19H23N3O3S2. The minimum absolute atomic E-state index is 0.179. The van der Waals surface area contributed by atoms with Crippen LogP contribution >= 0.6 is 23.5 Å². The van der Waals surface area contributed by atoms with Crippen molar-refractivity contribution in [3.05, 3.63) is 41.2 Å². The lowest BCUT2D eigenvalue weighted by atomic mass is 10.1. The zero-order chi connectivity index (χ0) is 19.8. The highest BCUT2D eigenvalue weighted by Gasteiger charge is 2.13.